The summed E-state index contributed by atoms with van der Waals surface area (Å²) in [6.45, 7) is -1.03. The van der Waals surface area contributed by atoms with Crippen molar-refractivity contribution < 1.29 is 45.1 Å². The van der Waals surface area contributed by atoms with Crippen LogP contribution in [0.1, 0.15) is 21.5 Å². The molecule has 0 aliphatic rings. The van der Waals surface area contributed by atoms with E-state index in [-0.39, 0.29) is 30.1 Å². The molecule has 13 heteroatoms. The van der Waals surface area contributed by atoms with Gasteiger partial charge in [0, 0.05) is 5.56 Å². The Kier molecular flexibility index (Phi) is 6.18. The Balaban J connectivity index is 1.66. The summed E-state index contributed by atoms with van der Waals surface area (Å²) in [7, 11) is 0. The SMILES string of the molecule is O=C(COC(=O)c1cc(C(F)(F)F)cc(C(F)(F)F)c1)Nc1nnc(-c2ccccc2)o1. The molecule has 0 spiro atoms. The first kappa shape index (κ1) is 22.8. The topological polar surface area (TPSA) is 94.3 Å². The molecule has 0 fully saturated rings. The van der Waals surface area contributed by atoms with Crippen LogP contribution >= 0.6 is 0 Å². The molecule has 3 aromatic rings. The summed E-state index contributed by atoms with van der Waals surface area (Å²) >= 11 is 0. The number of anilines is 1. The molecule has 1 aromatic heterocycles. The maximum absolute atomic E-state index is 12.9. The lowest BCUT2D eigenvalue weighted by atomic mass is 10.0. The van der Waals surface area contributed by atoms with Crippen LogP contribution in [-0.4, -0.2) is 28.7 Å². The van der Waals surface area contributed by atoms with Crippen molar-refractivity contribution in [2.24, 2.45) is 0 Å². The van der Waals surface area contributed by atoms with Crippen LogP contribution in [0.5, 0.6) is 0 Å². The van der Waals surface area contributed by atoms with E-state index in [0.717, 1.165) is 0 Å². The number of alkyl halides is 6. The predicted molar refractivity (Wildman–Crippen MR) is 95.1 cm³/mol. The van der Waals surface area contributed by atoms with Crippen molar-refractivity contribution in [3.8, 4) is 11.5 Å². The standard InChI is InChI=1S/C19H11F6N3O4/c20-18(21,22)12-6-11(7-13(8-12)19(23,24)25)16(30)31-9-14(29)26-17-28-27-15(32-17)10-4-2-1-3-5-10/h1-8H,9H2,(H,26,28,29). The maximum Gasteiger partial charge on any atom is 0.416 e. The highest BCUT2D eigenvalue weighted by atomic mass is 19.4. The first-order valence-corrected chi connectivity index (χ1v) is 8.59. The van der Waals surface area contributed by atoms with Crippen molar-refractivity contribution in [3.63, 3.8) is 0 Å². The molecule has 0 saturated carbocycles. The van der Waals surface area contributed by atoms with Crippen molar-refractivity contribution in [2.75, 3.05) is 11.9 Å². The van der Waals surface area contributed by atoms with Gasteiger partial charge in [-0.2, -0.15) is 26.3 Å². The number of hydrogen-bond acceptors (Lipinski definition) is 6. The number of hydrogen-bond donors (Lipinski definition) is 1. The van der Waals surface area contributed by atoms with E-state index in [9.17, 15) is 35.9 Å². The molecular formula is C19H11F6N3O4. The highest BCUT2D eigenvalue weighted by molar-refractivity contribution is 5.94. The Labute approximate surface area is 175 Å². The van der Waals surface area contributed by atoms with Crippen molar-refractivity contribution in [2.45, 2.75) is 12.4 Å². The van der Waals surface area contributed by atoms with Crippen molar-refractivity contribution in [3.05, 3.63) is 65.2 Å². The number of nitrogens with one attached hydrogen (secondary N) is 1. The third kappa shape index (κ3) is 5.62. The van der Waals surface area contributed by atoms with Gasteiger partial charge in [-0.05, 0) is 30.3 Å². The van der Waals surface area contributed by atoms with E-state index in [4.69, 9.17) is 4.42 Å². The van der Waals surface area contributed by atoms with Gasteiger partial charge in [-0.1, -0.05) is 23.3 Å². The highest BCUT2D eigenvalue weighted by Crippen LogP contribution is 2.36. The Bertz CT molecular complexity index is 1090. The van der Waals surface area contributed by atoms with Gasteiger partial charge in [0.05, 0.1) is 16.7 Å². The average Bonchev–Trinajstić information content (AvgIpc) is 3.19. The van der Waals surface area contributed by atoms with E-state index < -0.39 is 47.5 Å². The van der Waals surface area contributed by atoms with Gasteiger partial charge in [-0.25, -0.2) is 4.79 Å². The molecule has 1 amide bonds. The predicted octanol–water partition coefficient (Wildman–Crippen LogP) is 4.57. The molecule has 0 aliphatic carbocycles. The third-order valence-electron chi connectivity index (χ3n) is 3.85. The smallest absolute Gasteiger partial charge is 0.416 e. The fourth-order valence-corrected chi connectivity index (χ4v) is 2.41. The van der Waals surface area contributed by atoms with Gasteiger partial charge >= 0.3 is 24.3 Å². The first-order valence-electron chi connectivity index (χ1n) is 8.59. The lowest BCUT2D eigenvalue weighted by Crippen LogP contribution is -2.22. The summed E-state index contributed by atoms with van der Waals surface area (Å²) in [6, 6.07) is 8.37. The molecular weight excluding hydrogens is 448 g/mol. The summed E-state index contributed by atoms with van der Waals surface area (Å²) < 4.78 is 86.9. The van der Waals surface area contributed by atoms with Crippen LogP contribution in [0.25, 0.3) is 11.5 Å². The number of benzene rings is 2. The van der Waals surface area contributed by atoms with Crippen LogP contribution in [0, 0.1) is 0 Å². The summed E-state index contributed by atoms with van der Waals surface area (Å²) in [6.07, 6.45) is -10.3. The van der Waals surface area contributed by atoms with Gasteiger partial charge in [0.1, 0.15) is 0 Å². The summed E-state index contributed by atoms with van der Waals surface area (Å²) in [4.78, 5) is 23.8. The number of aromatic nitrogens is 2. The largest absolute Gasteiger partial charge is 0.452 e. The van der Waals surface area contributed by atoms with Crippen LogP contribution in [0.15, 0.2) is 52.9 Å². The molecule has 7 nitrogen and oxygen atoms in total. The molecule has 0 saturated heterocycles. The summed E-state index contributed by atoms with van der Waals surface area (Å²) in [5.41, 5.74) is -3.85. The molecule has 168 valence electrons. The second-order valence-corrected chi connectivity index (χ2v) is 6.20. The van der Waals surface area contributed by atoms with Gasteiger partial charge in [0.2, 0.25) is 5.89 Å². The van der Waals surface area contributed by atoms with E-state index in [0.29, 0.717) is 5.56 Å². The van der Waals surface area contributed by atoms with Crippen LogP contribution in [0.2, 0.25) is 0 Å². The van der Waals surface area contributed by atoms with Gasteiger partial charge in [-0.15, -0.1) is 5.10 Å². The third-order valence-corrected chi connectivity index (χ3v) is 3.85. The van der Waals surface area contributed by atoms with E-state index in [1.807, 2.05) is 0 Å². The monoisotopic (exact) mass is 459 g/mol. The van der Waals surface area contributed by atoms with E-state index >= 15 is 0 Å². The summed E-state index contributed by atoms with van der Waals surface area (Å²) in [5, 5.41) is 9.35. The number of carbonyl (C=O) groups excluding carboxylic acids is 2. The van der Waals surface area contributed by atoms with E-state index in [2.05, 4.69) is 20.3 Å². The van der Waals surface area contributed by atoms with Gasteiger partial charge in [0.15, 0.2) is 6.61 Å². The zero-order valence-corrected chi connectivity index (χ0v) is 15.6. The van der Waals surface area contributed by atoms with E-state index in [1.54, 1.807) is 30.3 Å². The van der Waals surface area contributed by atoms with Gasteiger partial charge in [-0.3, -0.25) is 10.1 Å². The van der Waals surface area contributed by atoms with Crippen molar-refractivity contribution >= 4 is 17.9 Å². The van der Waals surface area contributed by atoms with Gasteiger partial charge in [0.25, 0.3) is 5.91 Å². The second-order valence-electron chi connectivity index (χ2n) is 6.20. The maximum atomic E-state index is 12.9. The lowest BCUT2D eigenvalue weighted by molar-refractivity contribution is -0.143. The molecule has 1 heterocycles. The Hall–Kier alpha value is -3.90. The Morgan fingerprint density at radius 3 is 2.06 bits per heavy atom. The number of halogens is 6. The molecule has 1 N–H and O–H groups in total. The number of rotatable bonds is 5. The molecule has 3 rings (SSSR count). The van der Waals surface area contributed by atoms with Crippen LogP contribution < -0.4 is 5.32 Å². The molecule has 0 unspecified atom stereocenters. The number of ether oxygens (including phenoxy) is 1. The summed E-state index contributed by atoms with van der Waals surface area (Å²) in [5.74, 6) is -2.50. The quantitative estimate of drug-likeness (QED) is 0.444. The zero-order chi connectivity index (χ0) is 23.5. The minimum absolute atomic E-state index is 0.0709. The number of esters is 1. The molecule has 0 bridgehead atoms. The Morgan fingerprint density at radius 1 is 0.906 bits per heavy atom. The van der Waals surface area contributed by atoms with Crippen molar-refractivity contribution in [1.29, 1.82) is 0 Å². The van der Waals surface area contributed by atoms with Crippen LogP contribution in [0.4, 0.5) is 32.4 Å². The van der Waals surface area contributed by atoms with E-state index in [1.165, 1.54) is 0 Å². The van der Waals surface area contributed by atoms with Crippen LogP contribution in [0.3, 0.4) is 0 Å². The zero-order valence-electron chi connectivity index (χ0n) is 15.6. The lowest BCUT2D eigenvalue weighted by Gasteiger charge is -2.13. The fraction of sp³-hybridized carbons (Fsp3) is 0.158. The highest BCUT2D eigenvalue weighted by Gasteiger charge is 2.37. The second kappa shape index (κ2) is 8.69. The molecule has 0 radical (unpaired) electrons. The number of carbonyl (C=O) groups is 2. The normalized spacial score (nSPS) is 11.8. The van der Waals surface area contributed by atoms with Crippen LogP contribution in [-0.2, 0) is 21.9 Å². The molecule has 0 aliphatic heterocycles. The number of nitrogens with zero attached hydrogens (tertiary/aromatic N) is 2. The average molecular weight is 459 g/mol. The minimum atomic E-state index is -5.14. The fourth-order valence-electron chi connectivity index (χ4n) is 2.41. The Morgan fingerprint density at radius 2 is 1.50 bits per heavy atom. The minimum Gasteiger partial charge on any atom is -0.452 e. The number of amides is 1. The molecule has 2 aromatic carbocycles. The molecule has 32 heavy (non-hydrogen) atoms. The first-order chi connectivity index (χ1) is 14.9. The van der Waals surface area contributed by atoms with Gasteiger partial charge < -0.3 is 9.15 Å². The van der Waals surface area contributed by atoms with Crippen molar-refractivity contribution in [1.82, 2.24) is 10.2 Å². The molecule has 0 atom stereocenters.